The molecule has 0 fully saturated rings. The Morgan fingerprint density at radius 3 is 2.14 bits per heavy atom. The lowest BCUT2D eigenvalue weighted by Crippen LogP contribution is -2.30. The summed E-state index contributed by atoms with van der Waals surface area (Å²) >= 11 is 0. The number of hydrogen-bond donors (Lipinski definition) is 3. The van der Waals surface area contributed by atoms with Crippen LogP contribution in [0.5, 0.6) is 0 Å². The Balaban J connectivity index is 2.47. The first kappa shape index (κ1) is 17.2. The van der Waals surface area contributed by atoms with Gasteiger partial charge in [-0.25, -0.2) is 4.98 Å². The molecule has 0 aliphatic rings. The van der Waals surface area contributed by atoms with E-state index in [0.29, 0.717) is 13.1 Å². The van der Waals surface area contributed by atoms with Gasteiger partial charge < -0.3 is 15.6 Å². The Hall–Kier alpha value is -1.85. The Labute approximate surface area is 126 Å². The number of imidazole rings is 1. The van der Waals surface area contributed by atoms with Crippen molar-refractivity contribution in [2.75, 3.05) is 13.1 Å². The largest absolute Gasteiger partial charge is 0.351 e. The summed E-state index contributed by atoms with van der Waals surface area (Å²) in [6, 6.07) is 0. The molecule has 1 heterocycles. The van der Waals surface area contributed by atoms with Gasteiger partial charge in [0.05, 0.1) is 6.33 Å². The van der Waals surface area contributed by atoms with Crippen molar-refractivity contribution in [3.8, 4) is 0 Å². The van der Waals surface area contributed by atoms with Crippen LogP contribution in [0.2, 0.25) is 0 Å². The number of rotatable bonds is 10. The van der Waals surface area contributed by atoms with E-state index in [9.17, 15) is 9.59 Å². The highest BCUT2D eigenvalue weighted by Crippen LogP contribution is 2.03. The van der Waals surface area contributed by atoms with Gasteiger partial charge in [0, 0.05) is 13.1 Å². The molecule has 0 spiro atoms. The van der Waals surface area contributed by atoms with Crippen molar-refractivity contribution in [2.24, 2.45) is 0 Å². The molecule has 1 rings (SSSR count). The molecule has 1 aromatic heterocycles. The van der Waals surface area contributed by atoms with Crippen molar-refractivity contribution in [3.05, 3.63) is 17.7 Å². The zero-order valence-corrected chi connectivity index (χ0v) is 13.0. The third kappa shape index (κ3) is 5.97. The molecule has 0 saturated heterocycles. The second-order valence-corrected chi connectivity index (χ2v) is 5.05. The van der Waals surface area contributed by atoms with E-state index >= 15 is 0 Å². The van der Waals surface area contributed by atoms with Crippen molar-refractivity contribution in [1.29, 1.82) is 0 Å². The number of carbonyl (C=O) groups excluding carboxylic acids is 2. The van der Waals surface area contributed by atoms with Gasteiger partial charge in [0.15, 0.2) is 5.69 Å². The first-order valence-electron chi connectivity index (χ1n) is 7.80. The van der Waals surface area contributed by atoms with Crippen molar-refractivity contribution in [1.82, 2.24) is 20.6 Å². The number of unbranched alkanes of at least 4 members (excludes halogenated alkanes) is 4. The predicted octanol–water partition coefficient (Wildman–Crippen LogP) is 2.25. The smallest absolute Gasteiger partial charge is 0.272 e. The number of carbonyl (C=O) groups is 2. The normalized spacial score (nSPS) is 10.4. The van der Waals surface area contributed by atoms with E-state index in [2.05, 4.69) is 34.4 Å². The lowest BCUT2D eigenvalue weighted by atomic mass is 10.2. The number of hydrogen-bond acceptors (Lipinski definition) is 3. The number of aromatic amines is 1. The van der Waals surface area contributed by atoms with Crippen LogP contribution in [0.1, 0.15) is 73.3 Å². The molecular formula is C15H26N4O2. The van der Waals surface area contributed by atoms with Gasteiger partial charge in [0.1, 0.15) is 5.69 Å². The maximum atomic E-state index is 12.0. The van der Waals surface area contributed by atoms with Crippen molar-refractivity contribution < 1.29 is 9.59 Å². The van der Waals surface area contributed by atoms with E-state index in [-0.39, 0.29) is 23.2 Å². The monoisotopic (exact) mass is 294 g/mol. The third-order valence-electron chi connectivity index (χ3n) is 3.21. The fourth-order valence-electron chi connectivity index (χ4n) is 1.97. The first-order valence-corrected chi connectivity index (χ1v) is 7.80. The molecule has 21 heavy (non-hydrogen) atoms. The number of nitrogens with zero attached hydrogens (tertiary/aromatic N) is 1. The SMILES string of the molecule is CCCCCNC(=O)c1nc[nH]c1C(=O)NCCCCC. The number of aromatic nitrogens is 2. The Bertz CT molecular complexity index is 404. The lowest BCUT2D eigenvalue weighted by molar-refractivity contribution is 0.0913. The van der Waals surface area contributed by atoms with Crippen LogP contribution in [0.15, 0.2) is 6.33 Å². The van der Waals surface area contributed by atoms with Crippen LogP contribution in [0, 0.1) is 0 Å². The summed E-state index contributed by atoms with van der Waals surface area (Å²) in [5, 5.41) is 5.59. The highest BCUT2D eigenvalue weighted by atomic mass is 16.2. The van der Waals surface area contributed by atoms with Crippen molar-refractivity contribution in [2.45, 2.75) is 52.4 Å². The van der Waals surface area contributed by atoms with E-state index < -0.39 is 0 Å². The maximum Gasteiger partial charge on any atom is 0.272 e. The summed E-state index contributed by atoms with van der Waals surface area (Å²) in [5.74, 6) is -0.576. The summed E-state index contributed by atoms with van der Waals surface area (Å²) in [5.41, 5.74) is 0.402. The molecule has 0 aliphatic carbocycles. The minimum Gasteiger partial charge on any atom is -0.351 e. The highest BCUT2D eigenvalue weighted by molar-refractivity contribution is 6.04. The molecule has 6 heteroatoms. The third-order valence-corrected chi connectivity index (χ3v) is 3.21. The van der Waals surface area contributed by atoms with Crippen LogP contribution >= 0.6 is 0 Å². The summed E-state index contributed by atoms with van der Waals surface area (Å²) in [6.45, 7) is 5.44. The number of nitrogens with one attached hydrogen (secondary N) is 3. The van der Waals surface area contributed by atoms with Gasteiger partial charge in [0.2, 0.25) is 0 Å². The quantitative estimate of drug-likeness (QED) is 0.578. The van der Waals surface area contributed by atoms with Gasteiger partial charge in [-0.1, -0.05) is 39.5 Å². The fraction of sp³-hybridized carbons (Fsp3) is 0.667. The van der Waals surface area contributed by atoms with E-state index in [1.165, 1.54) is 6.33 Å². The minimum absolute atomic E-state index is 0.166. The topological polar surface area (TPSA) is 86.9 Å². The molecule has 118 valence electrons. The van der Waals surface area contributed by atoms with Gasteiger partial charge in [-0.2, -0.15) is 0 Å². The van der Waals surface area contributed by atoms with Crippen LogP contribution in [0.25, 0.3) is 0 Å². The van der Waals surface area contributed by atoms with E-state index in [1.807, 2.05) is 0 Å². The second kappa shape index (κ2) is 9.96. The predicted molar refractivity (Wildman–Crippen MR) is 82.3 cm³/mol. The first-order chi connectivity index (χ1) is 10.2. The lowest BCUT2D eigenvalue weighted by Gasteiger charge is -2.06. The molecule has 0 unspecified atom stereocenters. The number of amides is 2. The summed E-state index contributed by atoms with van der Waals surface area (Å²) in [6.07, 6.45) is 7.61. The minimum atomic E-state index is -0.300. The van der Waals surface area contributed by atoms with Crippen LogP contribution in [0.4, 0.5) is 0 Å². The Kier molecular flexibility index (Phi) is 8.16. The van der Waals surface area contributed by atoms with Gasteiger partial charge in [0.25, 0.3) is 11.8 Å². The molecular weight excluding hydrogens is 268 g/mol. The van der Waals surface area contributed by atoms with E-state index in [4.69, 9.17) is 0 Å². The molecule has 0 saturated carbocycles. The maximum absolute atomic E-state index is 12.0. The van der Waals surface area contributed by atoms with E-state index in [0.717, 1.165) is 38.5 Å². The van der Waals surface area contributed by atoms with Crippen molar-refractivity contribution in [3.63, 3.8) is 0 Å². The fourth-order valence-corrected chi connectivity index (χ4v) is 1.97. The Morgan fingerprint density at radius 2 is 1.57 bits per heavy atom. The van der Waals surface area contributed by atoms with Crippen LogP contribution in [-0.2, 0) is 0 Å². The molecule has 2 amide bonds. The van der Waals surface area contributed by atoms with Crippen LogP contribution in [-0.4, -0.2) is 34.9 Å². The number of H-pyrrole nitrogens is 1. The average Bonchev–Trinajstić information content (AvgIpc) is 2.97. The zero-order valence-electron chi connectivity index (χ0n) is 13.0. The molecule has 0 aliphatic heterocycles. The molecule has 0 atom stereocenters. The molecule has 1 aromatic rings. The zero-order chi connectivity index (χ0) is 15.5. The van der Waals surface area contributed by atoms with Gasteiger partial charge in [-0.05, 0) is 12.8 Å². The standard InChI is InChI=1S/C15H26N4O2/c1-3-5-7-9-16-14(20)12-13(19-11-18-12)15(21)17-10-8-6-4-2/h11H,3-10H2,1-2H3,(H,16,20)(H,17,21)(H,18,19). The molecule has 0 aromatic carbocycles. The van der Waals surface area contributed by atoms with Crippen LogP contribution in [0.3, 0.4) is 0 Å². The average molecular weight is 294 g/mol. The molecule has 0 radical (unpaired) electrons. The Morgan fingerprint density at radius 1 is 1.00 bits per heavy atom. The van der Waals surface area contributed by atoms with Crippen LogP contribution < -0.4 is 10.6 Å². The molecule has 6 nitrogen and oxygen atoms in total. The summed E-state index contributed by atoms with van der Waals surface area (Å²) < 4.78 is 0. The van der Waals surface area contributed by atoms with E-state index in [1.54, 1.807) is 0 Å². The molecule has 0 bridgehead atoms. The summed E-state index contributed by atoms with van der Waals surface area (Å²) in [7, 11) is 0. The van der Waals surface area contributed by atoms with Gasteiger partial charge in [-0.15, -0.1) is 0 Å². The highest BCUT2D eigenvalue weighted by Gasteiger charge is 2.19. The van der Waals surface area contributed by atoms with Gasteiger partial charge in [-0.3, -0.25) is 9.59 Å². The second-order valence-electron chi connectivity index (χ2n) is 5.05. The van der Waals surface area contributed by atoms with Crippen molar-refractivity contribution >= 4 is 11.8 Å². The summed E-state index contributed by atoms with van der Waals surface area (Å²) in [4.78, 5) is 30.7. The molecule has 3 N–H and O–H groups in total. The van der Waals surface area contributed by atoms with Gasteiger partial charge >= 0.3 is 0 Å².